The SMILES string of the molecule is CCc1ccccc1OCCNC(=O)Nc1cccc2cccnc12. The molecular formula is C20H21N3O2. The van der Waals surface area contributed by atoms with Crippen molar-refractivity contribution in [1.29, 1.82) is 0 Å². The second kappa shape index (κ2) is 8.15. The number of pyridine rings is 1. The highest BCUT2D eigenvalue weighted by atomic mass is 16.5. The number of rotatable bonds is 6. The Morgan fingerprint density at radius 1 is 1.08 bits per heavy atom. The summed E-state index contributed by atoms with van der Waals surface area (Å²) >= 11 is 0. The van der Waals surface area contributed by atoms with Gasteiger partial charge in [0.2, 0.25) is 0 Å². The fraction of sp³-hybridized carbons (Fsp3) is 0.200. The van der Waals surface area contributed by atoms with Gasteiger partial charge in [0.05, 0.1) is 17.7 Å². The fourth-order valence-electron chi connectivity index (χ4n) is 2.63. The Morgan fingerprint density at radius 2 is 1.92 bits per heavy atom. The zero-order valence-electron chi connectivity index (χ0n) is 14.2. The molecule has 128 valence electrons. The fourth-order valence-corrected chi connectivity index (χ4v) is 2.63. The van der Waals surface area contributed by atoms with E-state index in [1.807, 2.05) is 54.6 Å². The van der Waals surface area contributed by atoms with E-state index in [0.717, 1.165) is 28.6 Å². The highest BCUT2D eigenvalue weighted by molar-refractivity contribution is 5.99. The van der Waals surface area contributed by atoms with Crippen LogP contribution in [0, 0.1) is 0 Å². The summed E-state index contributed by atoms with van der Waals surface area (Å²) in [4.78, 5) is 16.4. The minimum Gasteiger partial charge on any atom is -0.491 e. The lowest BCUT2D eigenvalue weighted by Crippen LogP contribution is -2.32. The summed E-state index contributed by atoms with van der Waals surface area (Å²) in [7, 11) is 0. The van der Waals surface area contributed by atoms with Crippen molar-refractivity contribution < 1.29 is 9.53 Å². The van der Waals surface area contributed by atoms with Crippen LogP contribution in [-0.4, -0.2) is 24.2 Å². The number of amides is 2. The molecule has 0 unspecified atom stereocenters. The van der Waals surface area contributed by atoms with Crippen molar-refractivity contribution in [1.82, 2.24) is 10.3 Å². The van der Waals surface area contributed by atoms with Gasteiger partial charge >= 0.3 is 6.03 Å². The van der Waals surface area contributed by atoms with Crippen LogP contribution in [0.3, 0.4) is 0 Å². The number of fused-ring (bicyclic) bond motifs is 1. The summed E-state index contributed by atoms with van der Waals surface area (Å²) < 4.78 is 5.74. The van der Waals surface area contributed by atoms with Crippen LogP contribution in [0.2, 0.25) is 0 Å². The Morgan fingerprint density at radius 3 is 2.80 bits per heavy atom. The third-order valence-corrected chi connectivity index (χ3v) is 3.88. The molecule has 3 aromatic rings. The van der Waals surface area contributed by atoms with Crippen LogP contribution in [0.25, 0.3) is 10.9 Å². The van der Waals surface area contributed by atoms with Crippen molar-refractivity contribution in [2.75, 3.05) is 18.5 Å². The predicted octanol–water partition coefficient (Wildman–Crippen LogP) is 4.00. The molecule has 0 aliphatic heterocycles. The molecule has 0 saturated carbocycles. The molecule has 1 heterocycles. The highest BCUT2D eigenvalue weighted by Crippen LogP contribution is 2.20. The lowest BCUT2D eigenvalue weighted by Gasteiger charge is -2.12. The van der Waals surface area contributed by atoms with Crippen molar-refractivity contribution >= 4 is 22.6 Å². The maximum Gasteiger partial charge on any atom is 0.319 e. The van der Waals surface area contributed by atoms with Crippen LogP contribution < -0.4 is 15.4 Å². The maximum absolute atomic E-state index is 12.1. The molecule has 25 heavy (non-hydrogen) atoms. The summed E-state index contributed by atoms with van der Waals surface area (Å²) in [5.41, 5.74) is 2.62. The molecule has 0 saturated heterocycles. The van der Waals surface area contributed by atoms with Gasteiger partial charge in [0, 0.05) is 11.6 Å². The molecule has 2 aromatic carbocycles. The monoisotopic (exact) mass is 335 g/mol. The number of nitrogens with zero attached hydrogens (tertiary/aromatic N) is 1. The molecule has 0 atom stereocenters. The van der Waals surface area contributed by atoms with Crippen molar-refractivity contribution in [3.05, 3.63) is 66.4 Å². The number of anilines is 1. The Kier molecular flexibility index (Phi) is 5.46. The van der Waals surface area contributed by atoms with E-state index < -0.39 is 0 Å². The largest absolute Gasteiger partial charge is 0.491 e. The Hall–Kier alpha value is -3.08. The molecule has 5 heteroatoms. The van der Waals surface area contributed by atoms with Gasteiger partial charge in [-0.1, -0.05) is 43.3 Å². The standard InChI is InChI=1S/C20H21N3O2/c1-2-15-7-3-4-11-18(15)25-14-13-22-20(24)23-17-10-5-8-16-9-6-12-21-19(16)17/h3-12H,2,13-14H2,1H3,(H2,22,23,24). The number of nitrogens with one attached hydrogen (secondary N) is 2. The van der Waals surface area contributed by atoms with Crippen molar-refractivity contribution in [3.63, 3.8) is 0 Å². The molecule has 3 rings (SSSR count). The molecule has 0 fully saturated rings. The first-order valence-corrected chi connectivity index (χ1v) is 8.37. The van der Waals surface area contributed by atoms with E-state index in [1.165, 1.54) is 0 Å². The smallest absolute Gasteiger partial charge is 0.319 e. The maximum atomic E-state index is 12.1. The Labute approximate surface area is 147 Å². The van der Waals surface area contributed by atoms with E-state index >= 15 is 0 Å². The average Bonchev–Trinajstić information content (AvgIpc) is 2.66. The zero-order valence-corrected chi connectivity index (χ0v) is 14.2. The first kappa shape index (κ1) is 16.8. The second-order valence-electron chi connectivity index (χ2n) is 5.57. The number of benzene rings is 2. The van der Waals surface area contributed by atoms with E-state index in [9.17, 15) is 4.79 Å². The Bertz CT molecular complexity index is 859. The van der Waals surface area contributed by atoms with Gasteiger partial charge in [-0.2, -0.15) is 0 Å². The molecular weight excluding hydrogens is 314 g/mol. The van der Waals surface area contributed by atoms with Crippen LogP contribution >= 0.6 is 0 Å². The number of urea groups is 1. The third-order valence-electron chi connectivity index (χ3n) is 3.88. The molecule has 0 aliphatic carbocycles. The second-order valence-corrected chi connectivity index (χ2v) is 5.57. The van der Waals surface area contributed by atoms with Crippen LogP contribution in [0.1, 0.15) is 12.5 Å². The molecule has 0 spiro atoms. The van der Waals surface area contributed by atoms with Gasteiger partial charge in [0.15, 0.2) is 0 Å². The van der Waals surface area contributed by atoms with Gasteiger partial charge in [-0.15, -0.1) is 0 Å². The van der Waals surface area contributed by atoms with Gasteiger partial charge < -0.3 is 15.4 Å². The summed E-state index contributed by atoms with van der Waals surface area (Å²) in [6, 6.07) is 17.2. The first-order valence-electron chi connectivity index (χ1n) is 8.37. The Balaban J connectivity index is 1.51. The molecule has 2 amide bonds. The number of para-hydroxylation sites is 2. The van der Waals surface area contributed by atoms with Crippen LogP contribution in [0.15, 0.2) is 60.8 Å². The van der Waals surface area contributed by atoms with Gasteiger partial charge in [-0.25, -0.2) is 4.79 Å². The van der Waals surface area contributed by atoms with Crippen molar-refractivity contribution in [2.45, 2.75) is 13.3 Å². The van der Waals surface area contributed by atoms with Gasteiger partial charge in [0.1, 0.15) is 12.4 Å². The third kappa shape index (κ3) is 4.26. The van der Waals surface area contributed by atoms with Gasteiger partial charge in [-0.05, 0) is 30.2 Å². The summed E-state index contributed by atoms with van der Waals surface area (Å²) in [6.07, 6.45) is 2.63. The predicted molar refractivity (Wildman–Crippen MR) is 100 cm³/mol. The summed E-state index contributed by atoms with van der Waals surface area (Å²) in [5.74, 6) is 0.866. The lowest BCUT2D eigenvalue weighted by molar-refractivity contribution is 0.247. The first-order chi connectivity index (χ1) is 12.3. The average molecular weight is 335 g/mol. The van der Waals surface area contributed by atoms with Crippen LogP contribution in [-0.2, 0) is 6.42 Å². The molecule has 1 aromatic heterocycles. The normalized spacial score (nSPS) is 10.4. The molecule has 0 radical (unpaired) electrons. The minimum absolute atomic E-state index is 0.273. The van der Waals surface area contributed by atoms with Crippen LogP contribution in [0.4, 0.5) is 10.5 Å². The number of ether oxygens (including phenoxy) is 1. The minimum atomic E-state index is -0.273. The molecule has 2 N–H and O–H groups in total. The highest BCUT2D eigenvalue weighted by Gasteiger charge is 2.06. The lowest BCUT2D eigenvalue weighted by atomic mass is 10.1. The molecule has 0 aliphatic rings. The van der Waals surface area contributed by atoms with Gasteiger partial charge in [0.25, 0.3) is 0 Å². The zero-order chi connectivity index (χ0) is 17.5. The number of carbonyl (C=O) groups is 1. The summed E-state index contributed by atoms with van der Waals surface area (Å²) in [5, 5.41) is 6.62. The van der Waals surface area contributed by atoms with E-state index in [-0.39, 0.29) is 6.03 Å². The van der Waals surface area contributed by atoms with Crippen molar-refractivity contribution in [2.24, 2.45) is 0 Å². The summed E-state index contributed by atoms with van der Waals surface area (Å²) in [6.45, 7) is 2.92. The number of hydrogen-bond donors (Lipinski definition) is 2. The van der Waals surface area contributed by atoms with Gasteiger partial charge in [-0.3, -0.25) is 4.98 Å². The number of hydrogen-bond acceptors (Lipinski definition) is 3. The van der Waals surface area contributed by atoms with E-state index in [4.69, 9.17) is 4.74 Å². The number of carbonyl (C=O) groups excluding carboxylic acids is 1. The number of aryl methyl sites for hydroxylation is 1. The molecule has 5 nitrogen and oxygen atoms in total. The van der Waals surface area contributed by atoms with Crippen molar-refractivity contribution in [3.8, 4) is 5.75 Å². The quantitative estimate of drug-likeness (QED) is 0.669. The molecule has 0 bridgehead atoms. The topological polar surface area (TPSA) is 63.2 Å². The van der Waals surface area contributed by atoms with E-state index in [0.29, 0.717) is 18.8 Å². The van der Waals surface area contributed by atoms with E-state index in [2.05, 4.69) is 22.5 Å². The van der Waals surface area contributed by atoms with E-state index in [1.54, 1.807) is 6.20 Å². The van der Waals surface area contributed by atoms with Crippen LogP contribution in [0.5, 0.6) is 5.75 Å². The number of aromatic nitrogens is 1.